The Morgan fingerprint density at radius 1 is 1.29 bits per heavy atom. The molecule has 0 atom stereocenters. The van der Waals surface area contributed by atoms with Gasteiger partial charge in [0.2, 0.25) is 0 Å². The topological polar surface area (TPSA) is 71.4 Å². The molecule has 0 amide bonds. The normalized spacial score (nSPS) is 12.4. The SMILES string of the molecule is CC(=CCCS(=O)(=O)c1ccccc1)C(=O)O. The number of hydrogen-bond acceptors (Lipinski definition) is 3. The molecule has 0 bridgehead atoms. The van der Waals surface area contributed by atoms with Gasteiger partial charge in [-0.05, 0) is 25.5 Å². The molecule has 17 heavy (non-hydrogen) atoms. The van der Waals surface area contributed by atoms with Crippen molar-refractivity contribution < 1.29 is 18.3 Å². The fourth-order valence-corrected chi connectivity index (χ4v) is 2.50. The number of rotatable bonds is 5. The van der Waals surface area contributed by atoms with Crippen LogP contribution in [0, 0.1) is 0 Å². The molecule has 0 spiro atoms. The molecule has 1 aromatic carbocycles. The molecule has 0 unspecified atom stereocenters. The second-order valence-electron chi connectivity index (χ2n) is 3.61. The van der Waals surface area contributed by atoms with Gasteiger partial charge in [0.05, 0.1) is 10.6 Å². The molecule has 92 valence electrons. The van der Waals surface area contributed by atoms with Crippen LogP contribution in [0.15, 0.2) is 46.9 Å². The van der Waals surface area contributed by atoms with Crippen LogP contribution in [-0.2, 0) is 14.6 Å². The van der Waals surface area contributed by atoms with Gasteiger partial charge in [0.1, 0.15) is 0 Å². The van der Waals surface area contributed by atoms with E-state index in [1.807, 2.05) is 0 Å². The fraction of sp³-hybridized carbons (Fsp3) is 0.250. The molecule has 0 aliphatic heterocycles. The van der Waals surface area contributed by atoms with E-state index in [1.165, 1.54) is 25.1 Å². The number of carboxylic acids is 1. The number of allylic oxidation sites excluding steroid dienone is 1. The maximum atomic E-state index is 11.8. The van der Waals surface area contributed by atoms with Crippen LogP contribution >= 0.6 is 0 Å². The van der Waals surface area contributed by atoms with Crippen molar-refractivity contribution in [3.8, 4) is 0 Å². The summed E-state index contributed by atoms with van der Waals surface area (Å²) in [5.74, 6) is -1.11. The Morgan fingerprint density at radius 3 is 2.41 bits per heavy atom. The van der Waals surface area contributed by atoms with E-state index in [0.717, 1.165) is 0 Å². The van der Waals surface area contributed by atoms with Gasteiger partial charge in [0.25, 0.3) is 0 Å². The smallest absolute Gasteiger partial charge is 0.330 e. The molecule has 4 nitrogen and oxygen atoms in total. The molecule has 0 aliphatic carbocycles. The lowest BCUT2D eigenvalue weighted by molar-refractivity contribution is -0.132. The Bertz CT molecular complexity index is 515. The minimum atomic E-state index is -3.32. The summed E-state index contributed by atoms with van der Waals surface area (Å²) < 4.78 is 23.6. The third-order valence-corrected chi connectivity index (χ3v) is 4.04. The first-order valence-corrected chi connectivity index (χ1v) is 6.76. The van der Waals surface area contributed by atoms with Crippen molar-refractivity contribution in [1.82, 2.24) is 0 Å². The lowest BCUT2D eigenvalue weighted by Gasteiger charge is -2.02. The van der Waals surface area contributed by atoms with E-state index in [-0.39, 0.29) is 22.6 Å². The number of carboxylic acid groups (broad SMARTS) is 1. The predicted octanol–water partition coefficient (Wildman–Crippen LogP) is 1.88. The second kappa shape index (κ2) is 5.63. The zero-order chi connectivity index (χ0) is 12.9. The first kappa shape index (κ1) is 13.4. The molecule has 0 radical (unpaired) electrons. The summed E-state index contributed by atoms with van der Waals surface area (Å²) in [5.41, 5.74) is 0.160. The van der Waals surface area contributed by atoms with E-state index in [9.17, 15) is 13.2 Å². The second-order valence-corrected chi connectivity index (χ2v) is 5.72. The minimum absolute atomic E-state index is 0.0817. The number of aliphatic carboxylic acids is 1. The lowest BCUT2D eigenvalue weighted by atomic mass is 10.2. The molecule has 0 heterocycles. The predicted molar refractivity (Wildman–Crippen MR) is 64.5 cm³/mol. The van der Waals surface area contributed by atoms with Crippen molar-refractivity contribution in [3.63, 3.8) is 0 Å². The van der Waals surface area contributed by atoms with Crippen molar-refractivity contribution in [2.45, 2.75) is 18.2 Å². The third kappa shape index (κ3) is 4.03. The van der Waals surface area contributed by atoms with Gasteiger partial charge in [-0.3, -0.25) is 0 Å². The molecule has 0 fully saturated rings. The van der Waals surface area contributed by atoms with Crippen LogP contribution in [0.4, 0.5) is 0 Å². The monoisotopic (exact) mass is 254 g/mol. The highest BCUT2D eigenvalue weighted by atomic mass is 32.2. The van der Waals surface area contributed by atoms with Crippen LogP contribution in [0.2, 0.25) is 0 Å². The average molecular weight is 254 g/mol. The summed E-state index contributed by atoms with van der Waals surface area (Å²) in [4.78, 5) is 10.8. The Labute approximate surface area is 101 Å². The average Bonchev–Trinajstić information content (AvgIpc) is 2.29. The molecule has 0 aliphatic rings. The highest BCUT2D eigenvalue weighted by Crippen LogP contribution is 2.11. The zero-order valence-electron chi connectivity index (χ0n) is 9.46. The van der Waals surface area contributed by atoms with Crippen LogP contribution in [-0.4, -0.2) is 25.2 Å². The van der Waals surface area contributed by atoms with Crippen LogP contribution in [0.1, 0.15) is 13.3 Å². The van der Waals surface area contributed by atoms with Gasteiger partial charge in [0, 0.05) is 5.57 Å². The first-order valence-electron chi connectivity index (χ1n) is 5.11. The van der Waals surface area contributed by atoms with Crippen LogP contribution in [0.3, 0.4) is 0 Å². The summed E-state index contributed by atoms with van der Waals surface area (Å²) >= 11 is 0. The van der Waals surface area contributed by atoms with E-state index in [0.29, 0.717) is 0 Å². The molecule has 1 aromatic rings. The van der Waals surface area contributed by atoms with E-state index >= 15 is 0 Å². The third-order valence-electron chi connectivity index (χ3n) is 2.28. The molecule has 0 saturated heterocycles. The van der Waals surface area contributed by atoms with Crippen molar-refractivity contribution in [3.05, 3.63) is 42.0 Å². The van der Waals surface area contributed by atoms with Crippen LogP contribution in [0.25, 0.3) is 0 Å². The largest absolute Gasteiger partial charge is 0.478 e. The highest BCUT2D eigenvalue weighted by Gasteiger charge is 2.12. The standard InChI is InChI=1S/C12H14O4S/c1-10(12(13)14)6-5-9-17(15,16)11-7-3-2-4-8-11/h2-4,6-8H,5,9H2,1H3,(H,13,14). The quantitative estimate of drug-likeness (QED) is 0.814. The lowest BCUT2D eigenvalue weighted by Crippen LogP contribution is -2.06. The number of sulfone groups is 1. The summed E-state index contributed by atoms with van der Waals surface area (Å²) in [6, 6.07) is 8.12. The van der Waals surface area contributed by atoms with E-state index < -0.39 is 15.8 Å². The number of benzene rings is 1. The van der Waals surface area contributed by atoms with Crippen molar-refractivity contribution in [2.75, 3.05) is 5.75 Å². The molecular weight excluding hydrogens is 240 g/mol. The van der Waals surface area contributed by atoms with Gasteiger partial charge in [0.15, 0.2) is 9.84 Å². The van der Waals surface area contributed by atoms with E-state index in [4.69, 9.17) is 5.11 Å². The van der Waals surface area contributed by atoms with Gasteiger partial charge in [-0.15, -0.1) is 0 Å². The fourth-order valence-electron chi connectivity index (χ4n) is 1.26. The molecule has 0 saturated carbocycles. The molecule has 1 rings (SSSR count). The zero-order valence-corrected chi connectivity index (χ0v) is 10.3. The summed E-state index contributed by atoms with van der Waals surface area (Å²) in [6.45, 7) is 1.44. The first-order chi connectivity index (χ1) is 7.93. The molecule has 1 N–H and O–H groups in total. The maximum Gasteiger partial charge on any atom is 0.330 e. The Hall–Kier alpha value is -1.62. The van der Waals surface area contributed by atoms with E-state index in [2.05, 4.69) is 0 Å². The Kier molecular flexibility index (Phi) is 4.45. The Balaban J connectivity index is 2.70. The van der Waals surface area contributed by atoms with Crippen molar-refractivity contribution >= 4 is 15.8 Å². The number of hydrogen-bond donors (Lipinski definition) is 1. The van der Waals surface area contributed by atoms with Crippen LogP contribution < -0.4 is 0 Å². The van der Waals surface area contributed by atoms with Gasteiger partial charge in [-0.1, -0.05) is 24.3 Å². The van der Waals surface area contributed by atoms with Gasteiger partial charge in [-0.25, -0.2) is 13.2 Å². The van der Waals surface area contributed by atoms with Gasteiger partial charge >= 0.3 is 5.97 Å². The summed E-state index contributed by atoms with van der Waals surface area (Å²) in [7, 11) is -3.32. The highest BCUT2D eigenvalue weighted by molar-refractivity contribution is 7.91. The van der Waals surface area contributed by atoms with Crippen molar-refractivity contribution in [1.29, 1.82) is 0 Å². The van der Waals surface area contributed by atoms with Crippen LogP contribution in [0.5, 0.6) is 0 Å². The molecule has 0 aromatic heterocycles. The van der Waals surface area contributed by atoms with Gasteiger partial charge in [-0.2, -0.15) is 0 Å². The Morgan fingerprint density at radius 2 is 1.88 bits per heavy atom. The minimum Gasteiger partial charge on any atom is -0.478 e. The van der Waals surface area contributed by atoms with Crippen molar-refractivity contribution in [2.24, 2.45) is 0 Å². The summed E-state index contributed by atoms with van der Waals surface area (Å²) in [5, 5.41) is 8.61. The maximum absolute atomic E-state index is 11.8. The molecule has 5 heteroatoms. The van der Waals surface area contributed by atoms with Gasteiger partial charge < -0.3 is 5.11 Å². The number of carbonyl (C=O) groups is 1. The molecular formula is C12H14O4S. The van der Waals surface area contributed by atoms with E-state index in [1.54, 1.807) is 18.2 Å². The summed E-state index contributed by atoms with van der Waals surface area (Å²) in [6.07, 6.45) is 1.62.